The van der Waals surface area contributed by atoms with E-state index in [1.54, 1.807) is 0 Å². The molecule has 0 saturated heterocycles. The zero-order chi connectivity index (χ0) is 7.78. The molecule has 2 atom stereocenters. The third kappa shape index (κ3) is 1.21. The van der Waals surface area contributed by atoms with Crippen molar-refractivity contribution in [2.24, 2.45) is 0 Å². The van der Waals surface area contributed by atoms with Crippen LogP contribution in [0.5, 0.6) is 0 Å². The first-order chi connectivity index (χ1) is 4.52. The summed E-state index contributed by atoms with van der Waals surface area (Å²) in [6.45, 7) is 0. The lowest BCUT2D eigenvalue weighted by Crippen LogP contribution is -2.32. The van der Waals surface area contributed by atoms with E-state index in [4.69, 9.17) is 5.11 Å². The molecule has 1 nitrogen and oxygen atoms in total. The zero-order valence-electron chi connectivity index (χ0n) is 4.89. The highest BCUT2D eigenvalue weighted by atomic mass is 19.2. The summed E-state index contributed by atoms with van der Waals surface area (Å²) < 4.78 is 36.6. The molecule has 0 aromatic carbocycles. The van der Waals surface area contributed by atoms with Crippen LogP contribution in [0.4, 0.5) is 13.2 Å². The van der Waals surface area contributed by atoms with E-state index >= 15 is 0 Å². The van der Waals surface area contributed by atoms with Crippen molar-refractivity contribution in [1.82, 2.24) is 0 Å². The van der Waals surface area contributed by atoms with Gasteiger partial charge < -0.3 is 5.11 Å². The predicted molar refractivity (Wildman–Crippen MR) is 29.3 cm³/mol. The maximum atomic E-state index is 12.3. The molecule has 0 aromatic rings. The van der Waals surface area contributed by atoms with Crippen LogP contribution in [0.2, 0.25) is 0 Å². The summed E-state index contributed by atoms with van der Waals surface area (Å²) >= 11 is 0. The molecule has 4 heteroatoms. The highest BCUT2D eigenvalue weighted by Gasteiger charge is 2.36. The Kier molecular flexibility index (Phi) is 1.56. The van der Waals surface area contributed by atoms with E-state index in [0.29, 0.717) is 6.08 Å². The minimum absolute atomic E-state index is 0.192. The fourth-order valence-corrected chi connectivity index (χ4v) is 0.632. The van der Waals surface area contributed by atoms with Gasteiger partial charge in [-0.15, -0.1) is 0 Å². The average molecular weight is 150 g/mol. The highest BCUT2D eigenvalue weighted by Crippen LogP contribution is 2.25. The van der Waals surface area contributed by atoms with E-state index in [2.05, 4.69) is 0 Å². The minimum atomic E-state index is -3.18. The molecule has 2 unspecified atom stereocenters. The van der Waals surface area contributed by atoms with E-state index < -0.39 is 17.9 Å². The summed E-state index contributed by atoms with van der Waals surface area (Å²) in [7, 11) is 0. The number of allylic oxidation sites excluding steroid dienone is 2. The van der Waals surface area contributed by atoms with Gasteiger partial charge in [-0.25, -0.2) is 13.2 Å². The van der Waals surface area contributed by atoms with Crippen LogP contribution < -0.4 is 0 Å². The maximum Gasteiger partial charge on any atom is 0.264 e. The molecule has 1 aliphatic carbocycles. The summed E-state index contributed by atoms with van der Waals surface area (Å²) in [4.78, 5) is 0. The van der Waals surface area contributed by atoms with E-state index in [1.165, 1.54) is 0 Å². The van der Waals surface area contributed by atoms with E-state index in [0.717, 1.165) is 6.08 Å². The molecule has 0 bridgehead atoms. The van der Waals surface area contributed by atoms with Gasteiger partial charge in [0.25, 0.3) is 5.85 Å². The van der Waals surface area contributed by atoms with Crippen LogP contribution in [0.1, 0.15) is 0 Å². The Balaban J connectivity index is 2.88. The van der Waals surface area contributed by atoms with Crippen LogP contribution in [-0.4, -0.2) is 17.1 Å². The number of rotatable bonds is 0. The molecule has 1 rings (SSSR count). The average Bonchev–Trinajstić information content (AvgIpc) is 1.78. The lowest BCUT2D eigenvalue weighted by molar-refractivity contribution is -0.0880. The second-order valence-corrected chi connectivity index (χ2v) is 2.02. The normalized spacial score (nSPS) is 39.6. The first-order valence-electron chi connectivity index (χ1n) is 2.64. The molecule has 0 heterocycles. The fourth-order valence-electron chi connectivity index (χ4n) is 0.632. The molecule has 0 amide bonds. The zero-order valence-corrected chi connectivity index (χ0v) is 4.89. The number of aliphatic hydroxyl groups is 1. The molecule has 0 aromatic heterocycles. The van der Waals surface area contributed by atoms with Crippen molar-refractivity contribution >= 4 is 0 Å². The number of halogens is 3. The Hall–Kier alpha value is -0.770. The summed E-state index contributed by atoms with van der Waals surface area (Å²) in [5.41, 5.74) is 0. The Morgan fingerprint density at radius 2 is 2.20 bits per heavy atom. The van der Waals surface area contributed by atoms with Gasteiger partial charge in [0, 0.05) is 6.08 Å². The van der Waals surface area contributed by atoms with Crippen molar-refractivity contribution in [1.29, 1.82) is 0 Å². The molecular formula is C6H5F3O. The monoisotopic (exact) mass is 150 g/mol. The van der Waals surface area contributed by atoms with Gasteiger partial charge in [0.1, 0.15) is 5.83 Å². The topological polar surface area (TPSA) is 20.2 Å². The summed E-state index contributed by atoms with van der Waals surface area (Å²) in [6.07, 6.45) is -0.599. The smallest absolute Gasteiger partial charge is 0.264 e. The Bertz CT molecular complexity index is 195. The molecule has 0 fully saturated rings. The molecule has 56 valence electrons. The van der Waals surface area contributed by atoms with Gasteiger partial charge in [0.15, 0.2) is 6.17 Å². The maximum absolute atomic E-state index is 12.3. The van der Waals surface area contributed by atoms with Gasteiger partial charge in [-0.3, -0.25) is 0 Å². The van der Waals surface area contributed by atoms with Crippen LogP contribution in [0, 0.1) is 0 Å². The predicted octanol–water partition coefficient (Wildman–Crippen LogP) is 1.41. The lowest BCUT2D eigenvalue weighted by Gasteiger charge is -2.18. The first-order valence-corrected chi connectivity index (χ1v) is 2.64. The van der Waals surface area contributed by atoms with Gasteiger partial charge >= 0.3 is 0 Å². The molecule has 0 radical (unpaired) electrons. The number of hydrogen-bond acceptors (Lipinski definition) is 1. The Morgan fingerprint density at radius 1 is 1.60 bits per heavy atom. The van der Waals surface area contributed by atoms with E-state index in [-0.39, 0.29) is 6.08 Å². The summed E-state index contributed by atoms with van der Waals surface area (Å²) in [5, 5.41) is 8.40. The van der Waals surface area contributed by atoms with Crippen LogP contribution >= 0.6 is 0 Å². The standard InChI is InChI=1S/C6H5F3O/c7-4-1-2-5(8)6(9,10)3-4/h1-3,5,10H. The molecular weight excluding hydrogens is 145 g/mol. The Morgan fingerprint density at radius 3 is 2.60 bits per heavy atom. The Labute approximate surface area is 55.5 Å². The number of alkyl halides is 2. The van der Waals surface area contributed by atoms with Crippen molar-refractivity contribution in [2.75, 3.05) is 0 Å². The molecule has 0 saturated carbocycles. The van der Waals surface area contributed by atoms with Crippen LogP contribution in [-0.2, 0) is 0 Å². The summed E-state index contributed by atoms with van der Waals surface area (Å²) in [6, 6.07) is 0. The van der Waals surface area contributed by atoms with E-state index in [9.17, 15) is 13.2 Å². The van der Waals surface area contributed by atoms with Gasteiger partial charge in [0.05, 0.1) is 0 Å². The fraction of sp³-hybridized carbons (Fsp3) is 0.333. The second-order valence-electron chi connectivity index (χ2n) is 2.02. The van der Waals surface area contributed by atoms with Crippen molar-refractivity contribution < 1.29 is 18.3 Å². The summed E-state index contributed by atoms with van der Waals surface area (Å²) in [5.74, 6) is -4.15. The molecule has 1 aliphatic rings. The quantitative estimate of drug-likeness (QED) is 0.553. The molecule has 1 N–H and O–H groups in total. The van der Waals surface area contributed by atoms with Crippen LogP contribution in [0.15, 0.2) is 24.1 Å². The second kappa shape index (κ2) is 2.12. The lowest BCUT2D eigenvalue weighted by atomic mass is 10.1. The van der Waals surface area contributed by atoms with Gasteiger partial charge in [-0.05, 0) is 12.2 Å². The highest BCUT2D eigenvalue weighted by molar-refractivity contribution is 5.24. The van der Waals surface area contributed by atoms with Crippen molar-refractivity contribution in [3.05, 3.63) is 24.1 Å². The molecule has 0 spiro atoms. The van der Waals surface area contributed by atoms with Gasteiger partial charge in [-0.1, -0.05) is 0 Å². The SMILES string of the molecule is OC1(F)C=C(F)C=CC1F. The van der Waals surface area contributed by atoms with Gasteiger partial charge in [0.2, 0.25) is 0 Å². The van der Waals surface area contributed by atoms with Crippen molar-refractivity contribution in [3.8, 4) is 0 Å². The third-order valence-corrected chi connectivity index (χ3v) is 1.15. The first kappa shape index (κ1) is 7.34. The molecule has 10 heavy (non-hydrogen) atoms. The van der Waals surface area contributed by atoms with Crippen molar-refractivity contribution in [3.63, 3.8) is 0 Å². The van der Waals surface area contributed by atoms with Crippen LogP contribution in [0.3, 0.4) is 0 Å². The molecule has 0 aliphatic heterocycles. The number of hydrogen-bond donors (Lipinski definition) is 1. The van der Waals surface area contributed by atoms with Gasteiger partial charge in [-0.2, -0.15) is 0 Å². The van der Waals surface area contributed by atoms with E-state index in [1.807, 2.05) is 0 Å². The largest absolute Gasteiger partial charge is 0.356 e. The van der Waals surface area contributed by atoms with Crippen LogP contribution in [0.25, 0.3) is 0 Å². The third-order valence-electron chi connectivity index (χ3n) is 1.15. The minimum Gasteiger partial charge on any atom is -0.356 e. The van der Waals surface area contributed by atoms with Crippen molar-refractivity contribution in [2.45, 2.75) is 12.0 Å².